The molecule has 0 amide bonds. The van der Waals surface area contributed by atoms with E-state index < -0.39 is 0 Å². The number of aromatic nitrogens is 2. The molecule has 0 radical (unpaired) electrons. The fourth-order valence-corrected chi connectivity index (χ4v) is 2.56. The quantitative estimate of drug-likeness (QED) is 0.834. The van der Waals surface area contributed by atoms with Crippen molar-refractivity contribution in [3.8, 4) is 0 Å². The Morgan fingerprint density at radius 1 is 1.53 bits per heavy atom. The maximum Gasteiger partial charge on any atom is 0.0559 e. The smallest absolute Gasteiger partial charge is 0.0559 e. The molecule has 2 unspecified atom stereocenters. The van der Waals surface area contributed by atoms with Crippen LogP contribution in [-0.2, 0) is 6.54 Å². The van der Waals surface area contributed by atoms with E-state index in [1.807, 2.05) is 23.1 Å². The zero-order valence-corrected chi connectivity index (χ0v) is 11.0. The van der Waals surface area contributed by atoms with Crippen LogP contribution >= 0.6 is 0 Å². The molecule has 1 aromatic rings. The molecule has 2 heterocycles. The minimum atomic E-state index is 0.488. The summed E-state index contributed by atoms with van der Waals surface area (Å²) in [6, 6.07) is 2.46. The Hall–Kier alpha value is -0.870. The van der Waals surface area contributed by atoms with Gasteiger partial charge in [0.25, 0.3) is 0 Å². The third-order valence-electron chi connectivity index (χ3n) is 3.50. The number of rotatable bonds is 5. The fourth-order valence-electron chi connectivity index (χ4n) is 2.56. The van der Waals surface area contributed by atoms with E-state index in [9.17, 15) is 0 Å². The van der Waals surface area contributed by atoms with E-state index in [0.717, 1.165) is 19.0 Å². The highest BCUT2D eigenvalue weighted by Crippen LogP contribution is 2.14. The van der Waals surface area contributed by atoms with Crippen molar-refractivity contribution in [1.29, 1.82) is 0 Å². The predicted octanol–water partition coefficient (Wildman–Crippen LogP) is 1.20. The van der Waals surface area contributed by atoms with Gasteiger partial charge in [-0.15, -0.1) is 0 Å². The molecular weight excluding hydrogens is 212 g/mol. The Morgan fingerprint density at radius 3 is 3.12 bits per heavy atom. The lowest BCUT2D eigenvalue weighted by molar-refractivity contribution is 0.202. The predicted molar refractivity (Wildman–Crippen MR) is 69.9 cm³/mol. The maximum atomic E-state index is 4.23. The average Bonchev–Trinajstić information content (AvgIpc) is 2.79. The van der Waals surface area contributed by atoms with Gasteiger partial charge in [-0.25, -0.2) is 0 Å². The number of nitrogens with zero attached hydrogens (tertiary/aromatic N) is 3. The summed E-state index contributed by atoms with van der Waals surface area (Å²) in [6.45, 7) is 6.82. The molecule has 2 rings (SSSR count). The first-order chi connectivity index (χ1) is 8.24. The van der Waals surface area contributed by atoms with Crippen LogP contribution in [0.3, 0.4) is 0 Å². The first kappa shape index (κ1) is 12.6. The number of nitrogens with one attached hydrogen (secondary N) is 1. The molecule has 0 bridgehead atoms. The lowest BCUT2D eigenvalue weighted by Crippen LogP contribution is -2.40. The molecule has 1 fully saturated rings. The van der Waals surface area contributed by atoms with Crippen LogP contribution in [0.5, 0.6) is 0 Å². The largest absolute Gasteiger partial charge is 0.312 e. The van der Waals surface area contributed by atoms with E-state index in [0.29, 0.717) is 6.04 Å². The summed E-state index contributed by atoms with van der Waals surface area (Å²) in [6.07, 6.45) is 6.57. The standard InChI is InChI=1S/C13H24N4/c1-12(10-17-8-4-6-15-17)14-9-13-5-3-7-16(2)11-13/h4,6,8,12-14H,3,5,7,9-11H2,1-2H3. The molecule has 17 heavy (non-hydrogen) atoms. The first-order valence-corrected chi connectivity index (χ1v) is 6.63. The summed E-state index contributed by atoms with van der Waals surface area (Å²) in [5.41, 5.74) is 0. The van der Waals surface area contributed by atoms with E-state index >= 15 is 0 Å². The molecule has 1 aromatic heterocycles. The van der Waals surface area contributed by atoms with Crippen molar-refractivity contribution in [2.75, 3.05) is 26.7 Å². The average molecular weight is 236 g/mol. The molecular formula is C13H24N4. The van der Waals surface area contributed by atoms with Gasteiger partial charge in [0.2, 0.25) is 0 Å². The van der Waals surface area contributed by atoms with E-state index in [4.69, 9.17) is 0 Å². The molecule has 0 spiro atoms. The van der Waals surface area contributed by atoms with Crippen LogP contribution in [0, 0.1) is 5.92 Å². The van der Waals surface area contributed by atoms with Crippen LogP contribution in [0.1, 0.15) is 19.8 Å². The summed E-state index contributed by atoms with van der Waals surface area (Å²) in [5.74, 6) is 0.814. The number of hydrogen-bond acceptors (Lipinski definition) is 3. The maximum absolute atomic E-state index is 4.23. The Balaban J connectivity index is 1.67. The Labute approximate surface area is 104 Å². The van der Waals surface area contributed by atoms with Crippen molar-refractivity contribution in [3.05, 3.63) is 18.5 Å². The highest BCUT2D eigenvalue weighted by atomic mass is 15.3. The van der Waals surface area contributed by atoms with Crippen molar-refractivity contribution in [3.63, 3.8) is 0 Å². The summed E-state index contributed by atoms with van der Waals surface area (Å²) in [5, 5.41) is 7.86. The molecule has 4 nitrogen and oxygen atoms in total. The molecule has 0 aliphatic carbocycles. The minimum Gasteiger partial charge on any atom is -0.312 e. The van der Waals surface area contributed by atoms with Gasteiger partial charge < -0.3 is 10.2 Å². The molecule has 96 valence electrons. The van der Waals surface area contributed by atoms with Gasteiger partial charge in [-0.05, 0) is 51.9 Å². The van der Waals surface area contributed by atoms with Gasteiger partial charge in [0.15, 0.2) is 0 Å². The Kier molecular flexibility index (Phi) is 4.57. The van der Waals surface area contributed by atoms with Crippen molar-refractivity contribution in [2.24, 2.45) is 5.92 Å². The monoisotopic (exact) mass is 236 g/mol. The summed E-state index contributed by atoms with van der Waals surface area (Å²) >= 11 is 0. The Morgan fingerprint density at radius 2 is 2.41 bits per heavy atom. The van der Waals surface area contributed by atoms with Gasteiger partial charge in [-0.1, -0.05) is 0 Å². The minimum absolute atomic E-state index is 0.488. The van der Waals surface area contributed by atoms with E-state index in [2.05, 4.69) is 29.3 Å². The second-order valence-corrected chi connectivity index (χ2v) is 5.31. The SMILES string of the molecule is CC(Cn1cccn1)NCC1CCCN(C)C1. The summed E-state index contributed by atoms with van der Waals surface area (Å²) in [4.78, 5) is 2.44. The van der Waals surface area contributed by atoms with Crippen LogP contribution in [0.25, 0.3) is 0 Å². The van der Waals surface area contributed by atoms with Crippen LogP contribution < -0.4 is 5.32 Å². The summed E-state index contributed by atoms with van der Waals surface area (Å²) in [7, 11) is 2.22. The van der Waals surface area contributed by atoms with Gasteiger partial charge in [-0.2, -0.15) is 5.10 Å². The normalized spacial score (nSPS) is 23.8. The van der Waals surface area contributed by atoms with Crippen molar-refractivity contribution < 1.29 is 0 Å². The fraction of sp³-hybridized carbons (Fsp3) is 0.769. The van der Waals surface area contributed by atoms with Crippen molar-refractivity contribution in [2.45, 2.75) is 32.4 Å². The molecule has 1 N–H and O–H groups in total. The van der Waals surface area contributed by atoms with E-state index in [1.54, 1.807) is 0 Å². The number of hydrogen-bond donors (Lipinski definition) is 1. The molecule has 1 aliphatic rings. The molecule has 2 atom stereocenters. The number of likely N-dealkylation sites (tertiary alicyclic amines) is 1. The van der Waals surface area contributed by atoms with Gasteiger partial charge >= 0.3 is 0 Å². The summed E-state index contributed by atoms with van der Waals surface area (Å²) < 4.78 is 1.99. The molecule has 0 saturated carbocycles. The van der Waals surface area contributed by atoms with Crippen LogP contribution in [0.15, 0.2) is 18.5 Å². The zero-order chi connectivity index (χ0) is 12.1. The topological polar surface area (TPSA) is 33.1 Å². The molecule has 0 aromatic carbocycles. The molecule has 1 saturated heterocycles. The first-order valence-electron chi connectivity index (χ1n) is 6.63. The Bertz CT molecular complexity index is 309. The van der Waals surface area contributed by atoms with Crippen LogP contribution in [0.4, 0.5) is 0 Å². The third-order valence-corrected chi connectivity index (χ3v) is 3.50. The lowest BCUT2D eigenvalue weighted by Gasteiger charge is -2.30. The highest BCUT2D eigenvalue weighted by Gasteiger charge is 2.17. The van der Waals surface area contributed by atoms with Gasteiger partial charge in [0, 0.05) is 25.0 Å². The second kappa shape index (κ2) is 6.17. The molecule has 1 aliphatic heterocycles. The van der Waals surface area contributed by atoms with Crippen LogP contribution in [-0.4, -0.2) is 47.4 Å². The van der Waals surface area contributed by atoms with Crippen molar-refractivity contribution in [1.82, 2.24) is 20.0 Å². The van der Waals surface area contributed by atoms with Gasteiger partial charge in [0.1, 0.15) is 0 Å². The van der Waals surface area contributed by atoms with E-state index in [-0.39, 0.29) is 0 Å². The van der Waals surface area contributed by atoms with Gasteiger partial charge in [0.05, 0.1) is 6.54 Å². The van der Waals surface area contributed by atoms with Gasteiger partial charge in [-0.3, -0.25) is 4.68 Å². The zero-order valence-electron chi connectivity index (χ0n) is 11.0. The molecule has 4 heteroatoms. The van der Waals surface area contributed by atoms with E-state index in [1.165, 1.54) is 25.9 Å². The second-order valence-electron chi connectivity index (χ2n) is 5.31. The third kappa shape index (κ3) is 4.13. The van der Waals surface area contributed by atoms with Crippen LogP contribution in [0.2, 0.25) is 0 Å². The number of piperidine rings is 1. The lowest BCUT2D eigenvalue weighted by atomic mass is 9.98. The van der Waals surface area contributed by atoms with Crippen molar-refractivity contribution >= 4 is 0 Å². The highest BCUT2D eigenvalue weighted by molar-refractivity contribution is 4.79.